The van der Waals surface area contributed by atoms with Crippen LogP contribution < -0.4 is 0 Å². The Hall–Kier alpha value is -0.670. The van der Waals surface area contributed by atoms with Crippen LogP contribution in [0.25, 0.3) is 0 Å². The molecule has 3 nitrogen and oxygen atoms in total. The molecule has 0 radical (unpaired) electrons. The standard InChI is InChI=1S/C13H20O3/c1-2-3-4-12(14)11-5-7-16-13(9-11)6-8-15-10-13/h3-4,11H,2,5-10H2,1H3/b4-3+. The Bertz CT molecular complexity index is 277. The quantitative estimate of drug-likeness (QED) is 0.689. The van der Waals surface area contributed by atoms with Gasteiger partial charge < -0.3 is 9.47 Å². The van der Waals surface area contributed by atoms with Crippen LogP contribution in [0.4, 0.5) is 0 Å². The van der Waals surface area contributed by atoms with E-state index in [0.29, 0.717) is 13.2 Å². The Morgan fingerprint density at radius 3 is 3.06 bits per heavy atom. The number of carbonyl (C=O) groups is 1. The van der Waals surface area contributed by atoms with E-state index in [9.17, 15) is 4.79 Å². The van der Waals surface area contributed by atoms with Crippen LogP contribution in [-0.2, 0) is 14.3 Å². The third kappa shape index (κ3) is 2.53. The van der Waals surface area contributed by atoms with Gasteiger partial charge in [0.15, 0.2) is 5.78 Å². The van der Waals surface area contributed by atoms with E-state index >= 15 is 0 Å². The van der Waals surface area contributed by atoms with Crippen molar-refractivity contribution in [1.29, 1.82) is 0 Å². The topological polar surface area (TPSA) is 35.5 Å². The van der Waals surface area contributed by atoms with E-state index in [-0.39, 0.29) is 17.3 Å². The minimum absolute atomic E-state index is 0.137. The Balaban J connectivity index is 1.96. The van der Waals surface area contributed by atoms with Gasteiger partial charge in [0, 0.05) is 25.6 Å². The predicted molar refractivity (Wildman–Crippen MR) is 61.3 cm³/mol. The number of hydrogen-bond acceptors (Lipinski definition) is 3. The van der Waals surface area contributed by atoms with Crippen LogP contribution in [0.2, 0.25) is 0 Å². The molecule has 90 valence electrons. The van der Waals surface area contributed by atoms with Crippen LogP contribution in [0.3, 0.4) is 0 Å². The first kappa shape index (κ1) is 11.8. The molecule has 2 unspecified atom stereocenters. The molecule has 2 aliphatic heterocycles. The highest BCUT2D eigenvalue weighted by Crippen LogP contribution is 2.36. The fraction of sp³-hybridized carbons (Fsp3) is 0.769. The highest BCUT2D eigenvalue weighted by Gasteiger charge is 2.42. The summed E-state index contributed by atoms with van der Waals surface area (Å²) in [5, 5.41) is 0. The maximum absolute atomic E-state index is 11.9. The highest BCUT2D eigenvalue weighted by molar-refractivity contribution is 5.91. The van der Waals surface area contributed by atoms with Crippen molar-refractivity contribution in [2.75, 3.05) is 19.8 Å². The van der Waals surface area contributed by atoms with E-state index in [0.717, 1.165) is 32.3 Å². The zero-order valence-electron chi connectivity index (χ0n) is 9.91. The van der Waals surface area contributed by atoms with Crippen molar-refractivity contribution in [2.45, 2.75) is 38.2 Å². The number of ketones is 1. The van der Waals surface area contributed by atoms with Gasteiger partial charge in [-0.05, 0) is 25.3 Å². The number of allylic oxidation sites excluding steroid dienone is 2. The van der Waals surface area contributed by atoms with Gasteiger partial charge in [-0.3, -0.25) is 4.79 Å². The summed E-state index contributed by atoms with van der Waals surface area (Å²) in [4.78, 5) is 11.9. The SMILES string of the molecule is CC/C=C/C(=O)C1CCOC2(CCOC2)C1. The average molecular weight is 224 g/mol. The van der Waals surface area contributed by atoms with Gasteiger partial charge in [0.2, 0.25) is 0 Å². The monoisotopic (exact) mass is 224 g/mol. The van der Waals surface area contributed by atoms with Gasteiger partial charge in [0.1, 0.15) is 0 Å². The fourth-order valence-corrected chi connectivity index (χ4v) is 2.50. The molecule has 2 atom stereocenters. The van der Waals surface area contributed by atoms with E-state index in [1.807, 2.05) is 13.0 Å². The molecule has 2 heterocycles. The lowest BCUT2D eigenvalue weighted by Crippen LogP contribution is -2.42. The first-order valence-electron chi connectivity index (χ1n) is 6.18. The Kier molecular flexibility index (Phi) is 3.77. The molecule has 0 N–H and O–H groups in total. The maximum Gasteiger partial charge on any atom is 0.158 e. The molecule has 2 fully saturated rings. The summed E-state index contributed by atoms with van der Waals surface area (Å²) in [6, 6.07) is 0. The molecule has 2 saturated heterocycles. The molecule has 1 spiro atoms. The summed E-state index contributed by atoms with van der Waals surface area (Å²) in [6.07, 6.45) is 7.22. The van der Waals surface area contributed by atoms with Crippen molar-refractivity contribution in [2.24, 2.45) is 5.92 Å². The highest BCUT2D eigenvalue weighted by atomic mass is 16.6. The summed E-state index contributed by atoms with van der Waals surface area (Å²) in [5.41, 5.74) is -0.154. The van der Waals surface area contributed by atoms with Crippen molar-refractivity contribution < 1.29 is 14.3 Å². The van der Waals surface area contributed by atoms with Crippen molar-refractivity contribution >= 4 is 5.78 Å². The third-order valence-corrected chi connectivity index (χ3v) is 3.48. The number of hydrogen-bond donors (Lipinski definition) is 0. The first-order chi connectivity index (χ1) is 7.76. The molecule has 3 heteroatoms. The lowest BCUT2D eigenvalue weighted by molar-refractivity contribution is -0.132. The van der Waals surface area contributed by atoms with Crippen molar-refractivity contribution in [3.05, 3.63) is 12.2 Å². The van der Waals surface area contributed by atoms with Gasteiger partial charge in [0.25, 0.3) is 0 Å². The average Bonchev–Trinajstić information content (AvgIpc) is 2.74. The molecular formula is C13H20O3. The third-order valence-electron chi connectivity index (χ3n) is 3.48. The maximum atomic E-state index is 11.9. The second-order valence-corrected chi connectivity index (χ2v) is 4.74. The number of ether oxygens (including phenoxy) is 2. The smallest absolute Gasteiger partial charge is 0.158 e. The molecule has 0 aromatic carbocycles. The van der Waals surface area contributed by atoms with E-state index in [1.54, 1.807) is 6.08 Å². The van der Waals surface area contributed by atoms with Crippen LogP contribution in [0.5, 0.6) is 0 Å². The molecule has 0 aromatic rings. The van der Waals surface area contributed by atoms with Crippen LogP contribution in [-0.4, -0.2) is 31.2 Å². The largest absolute Gasteiger partial charge is 0.378 e. The Morgan fingerprint density at radius 1 is 1.50 bits per heavy atom. The van der Waals surface area contributed by atoms with Crippen molar-refractivity contribution in [3.8, 4) is 0 Å². The van der Waals surface area contributed by atoms with Crippen molar-refractivity contribution in [3.63, 3.8) is 0 Å². The van der Waals surface area contributed by atoms with E-state index in [2.05, 4.69) is 0 Å². The molecule has 0 saturated carbocycles. The molecular weight excluding hydrogens is 204 g/mol. The minimum Gasteiger partial charge on any atom is -0.378 e. The predicted octanol–water partition coefficient (Wildman–Crippen LogP) is 2.11. The van der Waals surface area contributed by atoms with Crippen LogP contribution in [0, 0.1) is 5.92 Å². The van der Waals surface area contributed by atoms with E-state index in [4.69, 9.17) is 9.47 Å². The summed E-state index contributed by atoms with van der Waals surface area (Å²) in [7, 11) is 0. The van der Waals surface area contributed by atoms with Crippen LogP contribution in [0.15, 0.2) is 12.2 Å². The molecule has 0 aromatic heterocycles. The van der Waals surface area contributed by atoms with Crippen LogP contribution >= 0.6 is 0 Å². The lowest BCUT2D eigenvalue weighted by atomic mass is 9.83. The molecule has 16 heavy (non-hydrogen) atoms. The molecule has 2 aliphatic rings. The Labute approximate surface area is 96.8 Å². The van der Waals surface area contributed by atoms with Gasteiger partial charge in [-0.25, -0.2) is 0 Å². The zero-order valence-corrected chi connectivity index (χ0v) is 9.91. The summed E-state index contributed by atoms with van der Waals surface area (Å²) in [6.45, 7) is 4.17. The normalized spacial score (nSPS) is 34.9. The number of carbonyl (C=O) groups excluding carboxylic acids is 1. The number of rotatable bonds is 3. The van der Waals surface area contributed by atoms with E-state index < -0.39 is 0 Å². The first-order valence-corrected chi connectivity index (χ1v) is 6.18. The van der Waals surface area contributed by atoms with Gasteiger partial charge in [-0.15, -0.1) is 0 Å². The molecule has 0 aliphatic carbocycles. The Morgan fingerprint density at radius 2 is 2.38 bits per heavy atom. The zero-order chi connectivity index (χ0) is 11.4. The second-order valence-electron chi connectivity index (χ2n) is 4.74. The van der Waals surface area contributed by atoms with E-state index in [1.165, 1.54) is 0 Å². The van der Waals surface area contributed by atoms with Gasteiger partial charge in [-0.1, -0.05) is 13.0 Å². The summed E-state index contributed by atoms with van der Waals surface area (Å²) in [5.74, 6) is 0.398. The van der Waals surface area contributed by atoms with Gasteiger partial charge >= 0.3 is 0 Å². The second kappa shape index (κ2) is 5.11. The lowest BCUT2D eigenvalue weighted by Gasteiger charge is -2.36. The van der Waals surface area contributed by atoms with Crippen LogP contribution in [0.1, 0.15) is 32.6 Å². The minimum atomic E-state index is -0.154. The molecule has 0 bridgehead atoms. The van der Waals surface area contributed by atoms with Gasteiger partial charge in [0.05, 0.1) is 12.2 Å². The molecule has 0 amide bonds. The van der Waals surface area contributed by atoms with Gasteiger partial charge in [-0.2, -0.15) is 0 Å². The summed E-state index contributed by atoms with van der Waals surface area (Å²) < 4.78 is 11.2. The fourth-order valence-electron chi connectivity index (χ4n) is 2.50. The molecule has 2 rings (SSSR count). The van der Waals surface area contributed by atoms with Crippen molar-refractivity contribution in [1.82, 2.24) is 0 Å². The summed E-state index contributed by atoms with van der Waals surface area (Å²) >= 11 is 0.